The third kappa shape index (κ3) is 3.13. The fourth-order valence-corrected chi connectivity index (χ4v) is 4.35. The molecule has 0 spiro atoms. The first-order valence-corrected chi connectivity index (χ1v) is 9.14. The van der Waals surface area contributed by atoms with Crippen LogP contribution in [0.25, 0.3) is 20.4 Å². The highest BCUT2D eigenvalue weighted by Gasteiger charge is 2.12. The van der Waals surface area contributed by atoms with E-state index < -0.39 is 0 Å². The number of carbonyl (C=O) groups is 1. The number of amides is 2. The maximum atomic E-state index is 12.2. The third-order valence-corrected chi connectivity index (χ3v) is 5.50. The Morgan fingerprint density at radius 1 is 1.12 bits per heavy atom. The minimum absolute atomic E-state index is 0.349. The molecule has 0 aliphatic heterocycles. The van der Waals surface area contributed by atoms with E-state index in [-0.39, 0.29) is 6.03 Å². The van der Waals surface area contributed by atoms with Crippen LogP contribution in [0.5, 0.6) is 5.75 Å². The molecule has 0 aliphatic carbocycles. The van der Waals surface area contributed by atoms with Gasteiger partial charge < -0.3 is 10.1 Å². The number of methoxy groups -OCH3 is 1. The van der Waals surface area contributed by atoms with E-state index in [0.29, 0.717) is 16.6 Å². The standard InChI is InChI=1S/C17H14N4O2S2/c1-9-18-14-13(24-9)7-6-12-15(14)25-17(20-12)21-16(22)19-10-4-3-5-11(8-10)23-2/h3-8H,1-2H3,(H2,19,20,21,22). The minimum Gasteiger partial charge on any atom is -0.497 e. The van der Waals surface area contributed by atoms with E-state index in [1.54, 1.807) is 30.6 Å². The molecule has 126 valence electrons. The molecule has 0 radical (unpaired) electrons. The molecule has 2 N–H and O–H groups in total. The Morgan fingerprint density at radius 2 is 2.00 bits per heavy atom. The van der Waals surface area contributed by atoms with Crippen molar-refractivity contribution in [1.82, 2.24) is 9.97 Å². The number of aryl methyl sites for hydroxylation is 1. The smallest absolute Gasteiger partial charge is 0.325 e. The summed E-state index contributed by atoms with van der Waals surface area (Å²) in [7, 11) is 1.58. The van der Waals surface area contributed by atoms with Crippen LogP contribution in [0, 0.1) is 6.92 Å². The van der Waals surface area contributed by atoms with Crippen LogP contribution in [-0.4, -0.2) is 23.1 Å². The van der Waals surface area contributed by atoms with Crippen molar-refractivity contribution in [2.75, 3.05) is 17.7 Å². The SMILES string of the molecule is COc1cccc(NC(=O)Nc2nc3ccc4sc(C)nc4c3s2)c1. The van der Waals surface area contributed by atoms with Crippen molar-refractivity contribution in [3.05, 3.63) is 41.4 Å². The molecule has 2 aromatic heterocycles. The minimum atomic E-state index is -0.349. The lowest BCUT2D eigenvalue weighted by Crippen LogP contribution is -2.19. The average Bonchev–Trinajstić information content (AvgIpc) is 3.16. The number of ether oxygens (including phenoxy) is 1. The zero-order valence-corrected chi connectivity index (χ0v) is 15.1. The Labute approximate surface area is 151 Å². The molecule has 0 saturated heterocycles. The second-order valence-electron chi connectivity index (χ2n) is 5.32. The molecule has 4 aromatic rings. The number of urea groups is 1. The quantitative estimate of drug-likeness (QED) is 0.539. The lowest BCUT2D eigenvalue weighted by atomic mass is 10.3. The van der Waals surface area contributed by atoms with Crippen molar-refractivity contribution in [2.24, 2.45) is 0 Å². The summed E-state index contributed by atoms with van der Waals surface area (Å²) in [6.45, 7) is 1.98. The normalized spacial score (nSPS) is 11.0. The number of rotatable bonds is 3. The lowest BCUT2D eigenvalue weighted by Gasteiger charge is -2.06. The highest BCUT2D eigenvalue weighted by Crippen LogP contribution is 2.34. The fourth-order valence-electron chi connectivity index (χ4n) is 2.50. The van der Waals surface area contributed by atoms with Crippen LogP contribution in [0.4, 0.5) is 15.6 Å². The first kappa shape index (κ1) is 15.8. The van der Waals surface area contributed by atoms with Crippen LogP contribution in [0.3, 0.4) is 0 Å². The van der Waals surface area contributed by atoms with Gasteiger partial charge in [-0.25, -0.2) is 14.8 Å². The molecule has 4 rings (SSSR count). The number of nitrogens with one attached hydrogen (secondary N) is 2. The monoisotopic (exact) mass is 370 g/mol. The summed E-state index contributed by atoms with van der Waals surface area (Å²) in [5.74, 6) is 0.680. The number of nitrogens with zero attached hydrogens (tertiary/aromatic N) is 2. The molecule has 6 nitrogen and oxygen atoms in total. The van der Waals surface area contributed by atoms with Crippen molar-refractivity contribution in [3.63, 3.8) is 0 Å². The van der Waals surface area contributed by atoms with E-state index in [0.717, 1.165) is 25.4 Å². The molecule has 0 fully saturated rings. The number of carbonyl (C=O) groups excluding carboxylic acids is 1. The number of benzene rings is 2. The Balaban J connectivity index is 1.57. The van der Waals surface area contributed by atoms with Gasteiger partial charge in [0.2, 0.25) is 0 Å². The summed E-state index contributed by atoms with van der Waals surface area (Å²) in [4.78, 5) is 21.3. The maximum absolute atomic E-state index is 12.2. The lowest BCUT2D eigenvalue weighted by molar-refractivity contribution is 0.262. The van der Waals surface area contributed by atoms with Crippen molar-refractivity contribution < 1.29 is 9.53 Å². The number of aromatic nitrogens is 2. The molecule has 25 heavy (non-hydrogen) atoms. The summed E-state index contributed by atoms with van der Waals surface area (Å²) in [5.41, 5.74) is 2.42. The number of fused-ring (bicyclic) bond motifs is 3. The Hall–Kier alpha value is -2.71. The zero-order chi connectivity index (χ0) is 17.4. The summed E-state index contributed by atoms with van der Waals surface area (Å²) >= 11 is 3.07. The number of hydrogen-bond acceptors (Lipinski definition) is 6. The molecular weight excluding hydrogens is 356 g/mol. The van der Waals surface area contributed by atoms with E-state index in [1.807, 2.05) is 31.2 Å². The van der Waals surface area contributed by atoms with Crippen molar-refractivity contribution >= 4 is 60.0 Å². The van der Waals surface area contributed by atoms with Crippen molar-refractivity contribution in [2.45, 2.75) is 6.92 Å². The van der Waals surface area contributed by atoms with Gasteiger partial charge in [0.25, 0.3) is 0 Å². The number of thiazole rings is 2. The van der Waals surface area contributed by atoms with Gasteiger partial charge in [-0.2, -0.15) is 0 Å². The summed E-state index contributed by atoms with van der Waals surface area (Å²) in [6.07, 6.45) is 0. The van der Waals surface area contributed by atoms with Crippen LogP contribution >= 0.6 is 22.7 Å². The summed E-state index contributed by atoms with van der Waals surface area (Å²) in [5, 5.41) is 7.11. The van der Waals surface area contributed by atoms with Gasteiger partial charge in [-0.15, -0.1) is 11.3 Å². The van der Waals surface area contributed by atoms with Gasteiger partial charge in [0.15, 0.2) is 5.13 Å². The van der Waals surface area contributed by atoms with Crippen molar-refractivity contribution in [1.29, 1.82) is 0 Å². The zero-order valence-electron chi connectivity index (χ0n) is 13.5. The van der Waals surface area contributed by atoms with Gasteiger partial charge in [0, 0.05) is 11.8 Å². The molecule has 2 amide bonds. The van der Waals surface area contributed by atoms with Gasteiger partial charge in [0.05, 0.1) is 27.0 Å². The first-order valence-electron chi connectivity index (χ1n) is 7.51. The molecule has 0 saturated carbocycles. The van der Waals surface area contributed by atoms with E-state index >= 15 is 0 Å². The Kier molecular flexibility index (Phi) is 3.98. The summed E-state index contributed by atoms with van der Waals surface area (Å²) < 4.78 is 7.26. The predicted octanol–water partition coefficient (Wildman–Crippen LogP) is 4.87. The van der Waals surface area contributed by atoms with Gasteiger partial charge in [0.1, 0.15) is 11.3 Å². The molecule has 0 aliphatic rings. The van der Waals surface area contributed by atoms with E-state index in [4.69, 9.17) is 4.74 Å². The largest absolute Gasteiger partial charge is 0.497 e. The second kappa shape index (κ2) is 6.30. The summed E-state index contributed by atoms with van der Waals surface area (Å²) in [6, 6.07) is 10.8. The van der Waals surface area contributed by atoms with Crippen LogP contribution in [0.2, 0.25) is 0 Å². The maximum Gasteiger partial charge on any atom is 0.325 e. The van der Waals surface area contributed by atoms with Gasteiger partial charge in [-0.1, -0.05) is 17.4 Å². The van der Waals surface area contributed by atoms with E-state index in [2.05, 4.69) is 20.6 Å². The highest BCUT2D eigenvalue weighted by molar-refractivity contribution is 7.24. The van der Waals surface area contributed by atoms with Crippen LogP contribution < -0.4 is 15.4 Å². The first-order chi connectivity index (χ1) is 12.1. The van der Waals surface area contributed by atoms with Gasteiger partial charge in [-0.3, -0.25) is 5.32 Å². The van der Waals surface area contributed by atoms with Crippen molar-refractivity contribution in [3.8, 4) is 5.75 Å². The molecule has 0 atom stereocenters. The van der Waals surface area contributed by atoms with Crippen LogP contribution in [0.1, 0.15) is 5.01 Å². The molecular formula is C17H14N4O2S2. The third-order valence-electron chi connectivity index (χ3n) is 3.57. The molecule has 2 heterocycles. The topological polar surface area (TPSA) is 76.1 Å². The number of hydrogen-bond donors (Lipinski definition) is 2. The fraction of sp³-hybridized carbons (Fsp3) is 0.118. The molecule has 0 unspecified atom stereocenters. The predicted molar refractivity (Wildman–Crippen MR) is 103 cm³/mol. The van der Waals surface area contributed by atoms with Crippen LogP contribution in [0.15, 0.2) is 36.4 Å². The second-order valence-corrected chi connectivity index (χ2v) is 7.56. The molecule has 8 heteroatoms. The van der Waals surface area contributed by atoms with Gasteiger partial charge in [-0.05, 0) is 31.2 Å². The number of anilines is 2. The van der Waals surface area contributed by atoms with E-state index in [9.17, 15) is 4.79 Å². The molecule has 2 aromatic carbocycles. The Morgan fingerprint density at radius 3 is 2.84 bits per heavy atom. The average molecular weight is 370 g/mol. The highest BCUT2D eigenvalue weighted by atomic mass is 32.1. The van der Waals surface area contributed by atoms with Gasteiger partial charge >= 0.3 is 6.03 Å². The van der Waals surface area contributed by atoms with E-state index in [1.165, 1.54) is 11.3 Å². The van der Waals surface area contributed by atoms with Crippen LogP contribution in [-0.2, 0) is 0 Å². The Bertz CT molecular complexity index is 1090. The molecule has 0 bridgehead atoms.